The normalized spacial score (nSPS) is 13.5. The number of nitrogens with one attached hydrogen (secondary N) is 1. The lowest BCUT2D eigenvalue weighted by atomic mass is 9.95. The summed E-state index contributed by atoms with van der Waals surface area (Å²) in [7, 11) is 1.76. The van der Waals surface area contributed by atoms with Gasteiger partial charge in [0.05, 0.1) is 5.60 Å². The number of methoxy groups -OCH3 is 1. The molecule has 0 amide bonds. The van der Waals surface area contributed by atoms with Gasteiger partial charge in [-0.05, 0) is 39.7 Å². The van der Waals surface area contributed by atoms with Gasteiger partial charge in [-0.25, -0.2) is 0 Å². The van der Waals surface area contributed by atoms with E-state index in [4.69, 9.17) is 11.2 Å². The Kier molecular flexibility index (Phi) is 7.46. The van der Waals surface area contributed by atoms with E-state index in [-0.39, 0.29) is 5.60 Å². The van der Waals surface area contributed by atoms with E-state index in [1.54, 1.807) is 7.11 Å². The zero-order valence-electron chi connectivity index (χ0n) is 10.6. The predicted octanol–water partition coefficient (Wildman–Crippen LogP) is 2.58. The van der Waals surface area contributed by atoms with Gasteiger partial charge in [0, 0.05) is 19.6 Å². The molecule has 15 heavy (non-hydrogen) atoms. The molecule has 0 aliphatic carbocycles. The van der Waals surface area contributed by atoms with Gasteiger partial charge in [-0.3, -0.25) is 0 Å². The molecular weight excluding hydrogens is 186 g/mol. The first-order valence-corrected chi connectivity index (χ1v) is 5.77. The Bertz CT molecular complexity index is 193. The molecule has 1 unspecified atom stereocenters. The van der Waals surface area contributed by atoms with E-state index in [0.29, 0.717) is 6.04 Å². The Labute approximate surface area is 94.8 Å². The van der Waals surface area contributed by atoms with Crippen LogP contribution in [0.5, 0.6) is 0 Å². The van der Waals surface area contributed by atoms with Crippen LogP contribution >= 0.6 is 0 Å². The van der Waals surface area contributed by atoms with E-state index in [1.807, 2.05) is 0 Å². The minimum absolute atomic E-state index is 0.0694. The Hall–Kier alpha value is -0.520. The van der Waals surface area contributed by atoms with Gasteiger partial charge in [0.1, 0.15) is 0 Å². The molecule has 0 spiro atoms. The summed E-state index contributed by atoms with van der Waals surface area (Å²) in [5, 5.41) is 3.52. The van der Waals surface area contributed by atoms with Crippen molar-refractivity contribution in [2.45, 2.75) is 58.1 Å². The predicted molar refractivity (Wildman–Crippen MR) is 65.9 cm³/mol. The molecule has 0 bridgehead atoms. The monoisotopic (exact) mass is 211 g/mol. The minimum atomic E-state index is -0.0694. The van der Waals surface area contributed by atoms with Crippen molar-refractivity contribution in [2.75, 3.05) is 13.7 Å². The Morgan fingerprint density at radius 1 is 1.47 bits per heavy atom. The van der Waals surface area contributed by atoms with Crippen LogP contribution in [0.25, 0.3) is 0 Å². The van der Waals surface area contributed by atoms with Gasteiger partial charge in [-0.2, -0.15) is 0 Å². The van der Waals surface area contributed by atoms with Crippen molar-refractivity contribution in [1.82, 2.24) is 5.32 Å². The molecule has 0 heterocycles. The molecule has 0 aromatic carbocycles. The molecule has 0 saturated heterocycles. The van der Waals surface area contributed by atoms with E-state index >= 15 is 0 Å². The smallest absolute Gasteiger partial charge is 0.0637 e. The van der Waals surface area contributed by atoms with Gasteiger partial charge < -0.3 is 10.1 Å². The summed E-state index contributed by atoms with van der Waals surface area (Å²) in [6, 6.07) is 0.468. The second-order valence-electron chi connectivity index (χ2n) is 4.56. The summed E-state index contributed by atoms with van der Waals surface area (Å²) >= 11 is 0. The van der Waals surface area contributed by atoms with Gasteiger partial charge in [0.25, 0.3) is 0 Å². The third-order valence-corrected chi connectivity index (χ3v) is 2.61. The average Bonchev–Trinajstić information content (AvgIpc) is 2.22. The molecule has 0 rings (SSSR count). The van der Waals surface area contributed by atoms with Crippen molar-refractivity contribution < 1.29 is 4.74 Å². The third-order valence-electron chi connectivity index (χ3n) is 2.61. The first-order chi connectivity index (χ1) is 7.05. The van der Waals surface area contributed by atoms with E-state index in [1.165, 1.54) is 0 Å². The van der Waals surface area contributed by atoms with Gasteiger partial charge in [-0.1, -0.05) is 6.92 Å². The molecule has 1 N–H and O–H groups in total. The molecule has 0 aliphatic rings. The van der Waals surface area contributed by atoms with Crippen molar-refractivity contribution in [3.8, 4) is 12.3 Å². The highest BCUT2D eigenvalue weighted by atomic mass is 16.5. The van der Waals surface area contributed by atoms with Crippen molar-refractivity contribution in [1.29, 1.82) is 0 Å². The second kappa shape index (κ2) is 7.73. The maximum atomic E-state index is 5.44. The van der Waals surface area contributed by atoms with Crippen LogP contribution < -0.4 is 5.32 Å². The maximum Gasteiger partial charge on any atom is 0.0637 e. The summed E-state index contributed by atoms with van der Waals surface area (Å²) in [4.78, 5) is 0. The van der Waals surface area contributed by atoms with E-state index in [9.17, 15) is 0 Å². The van der Waals surface area contributed by atoms with Gasteiger partial charge in [-0.15, -0.1) is 12.3 Å². The van der Waals surface area contributed by atoms with Crippen LogP contribution in [-0.4, -0.2) is 25.3 Å². The lowest BCUT2D eigenvalue weighted by Crippen LogP contribution is -2.38. The summed E-state index contributed by atoms with van der Waals surface area (Å²) in [6.07, 6.45) is 9.32. The molecule has 88 valence electrons. The lowest BCUT2D eigenvalue weighted by Gasteiger charge is -2.29. The fourth-order valence-electron chi connectivity index (χ4n) is 1.56. The number of rotatable bonds is 8. The van der Waals surface area contributed by atoms with Crippen LogP contribution in [0, 0.1) is 12.3 Å². The SMILES string of the molecule is C#CCCC(CC(C)(C)OC)NCCC. The number of hydrogen-bond donors (Lipinski definition) is 1. The van der Waals surface area contributed by atoms with Crippen molar-refractivity contribution in [3.05, 3.63) is 0 Å². The zero-order chi connectivity index (χ0) is 11.7. The van der Waals surface area contributed by atoms with Crippen molar-refractivity contribution in [2.24, 2.45) is 0 Å². The largest absolute Gasteiger partial charge is 0.379 e. The van der Waals surface area contributed by atoms with Crippen molar-refractivity contribution >= 4 is 0 Å². The van der Waals surface area contributed by atoms with E-state index < -0.39 is 0 Å². The molecule has 2 heteroatoms. The maximum absolute atomic E-state index is 5.44. The molecule has 0 aromatic rings. The van der Waals surface area contributed by atoms with Gasteiger partial charge >= 0.3 is 0 Å². The third kappa shape index (κ3) is 7.41. The fraction of sp³-hybridized carbons (Fsp3) is 0.846. The number of terminal acetylenes is 1. The van der Waals surface area contributed by atoms with Crippen LogP contribution in [0.3, 0.4) is 0 Å². The standard InChI is InChI=1S/C13H25NO/c1-6-8-9-12(14-10-7-2)11-13(3,4)15-5/h1,12,14H,7-11H2,2-5H3. The minimum Gasteiger partial charge on any atom is -0.379 e. The summed E-state index contributed by atoms with van der Waals surface area (Å²) in [6.45, 7) is 7.45. The average molecular weight is 211 g/mol. The van der Waals surface area contributed by atoms with Crippen LogP contribution in [0.4, 0.5) is 0 Å². The van der Waals surface area contributed by atoms with Crippen LogP contribution in [0.1, 0.15) is 46.5 Å². The van der Waals surface area contributed by atoms with Crippen molar-refractivity contribution in [3.63, 3.8) is 0 Å². The molecule has 2 nitrogen and oxygen atoms in total. The molecular formula is C13H25NO. The highest BCUT2D eigenvalue weighted by Crippen LogP contribution is 2.18. The quantitative estimate of drug-likeness (QED) is 0.623. The first kappa shape index (κ1) is 14.5. The fourth-order valence-corrected chi connectivity index (χ4v) is 1.56. The van der Waals surface area contributed by atoms with E-state index in [2.05, 4.69) is 32.0 Å². The second-order valence-corrected chi connectivity index (χ2v) is 4.56. The highest BCUT2D eigenvalue weighted by Gasteiger charge is 2.21. The molecule has 0 saturated carbocycles. The van der Waals surface area contributed by atoms with Crippen LogP contribution in [0.15, 0.2) is 0 Å². The Morgan fingerprint density at radius 2 is 2.13 bits per heavy atom. The number of ether oxygens (including phenoxy) is 1. The van der Waals surface area contributed by atoms with Crippen LogP contribution in [0.2, 0.25) is 0 Å². The number of hydrogen-bond acceptors (Lipinski definition) is 2. The zero-order valence-corrected chi connectivity index (χ0v) is 10.6. The first-order valence-electron chi connectivity index (χ1n) is 5.77. The Balaban J connectivity index is 4.05. The van der Waals surface area contributed by atoms with E-state index in [0.717, 1.165) is 32.2 Å². The molecule has 0 aliphatic heterocycles. The molecule has 0 aromatic heterocycles. The van der Waals surface area contributed by atoms with Gasteiger partial charge in [0.2, 0.25) is 0 Å². The molecule has 1 atom stereocenters. The summed E-state index contributed by atoms with van der Waals surface area (Å²) in [5.41, 5.74) is -0.0694. The summed E-state index contributed by atoms with van der Waals surface area (Å²) < 4.78 is 5.44. The highest BCUT2D eigenvalue weighted by molar-refractivity contribution is 4.87. The topological polar surface area (TPSA) is 21.3 Å². The molecule has 0 radical (unpaired) electrons. The Morgan fingerprint density at radius 3 is 2.60 bits per heavy atom. The summed E-state index contributed by atoms with van der Waals surface area (Å²) in [5.74, 6) is 2.70. The lowest BCUT2D eigenvalue weighted by molar-refractivity contribution is 0.00653. The van der Waals surface area contributed by atoms with Gasteiger partial charge in [0.15, 0.2) is 0 Å². The molecule has 0 fully saturated rings. The van der Waals surface area contributed by atoms with Crippen LogP contribution in [-0.2, 0) is 4.74 Å².